The molecular weight excluding hydrogens is 243 g/mol. The van der Waals surface area contributed by atoms with E-state index in [0.717, 1.165) is 19.3 Å². The van der Waals surface area contributed by atoms with Crippen molar-refractivity contribution < 1.29 is 9.18 Å². The van der Waals surface area contributed by atoms with E-state index in [9.17, 15) is 9.18 Å². The molecule has 1 aliphatic rings. The summed E-state index contributed by atoms with van der Waals surface area (Å²) in [6.07, 6.45) is 2.45. The first-order valence-electron chi connectivity index (χ1n) is 6.95. The summed E-state index contributed by atoms with van der Waals surface area (Å²) in [7, 11) is 0. The van der Waals surface area contributed by atoms with Gasteiger partial charge in [0.1, 0.15) is 6.17 Å². The van der Waals surface area contributed by atoms with Gasteiger partial charge < -0.3 is 10.6 Å². The molecule has 2 atom stereocenters. The molecule has 1 fully saturated rings. The maximum atomic E-state index is 12.9. The lowest BCUT2D eigenvalue weighted by atomic mass is 10.1. The number of alkyl halides is 1. The van der Waals surface area contributed by atoms with Crippen LogP contribution in [0.2, 0.25) is 0 Å². The van der Waals surface area contributed by atoms with Gasteiger partial charge >= 0.3 is 0 Å². The highest BCUT2D eigenvalue weighted by Crippen LogP contribution is 2.10. The van der Waals surface area contributed by atoms with Crippen LogP contribution in [-0.4, -0.2) is 31.2 Å². The molecule has 1 aromatic rings. The average molecular weight is 264 g/mol. The lowest BCUT2D eigenvalue weighted by Gasteiger charge is -2.10. The van der Waals surface area contributed by atoms with Crippen LogP contribution in [0.5, 0.6) is 0 Å². The topological polar surface area (TPSA) is 41.1 Å². The van der Waals surface area contributed by atoms with E-state index >= 15 is 0 Å². The molecule has 3 nitrogen and oxygen atoms in total. The Labute approximate surface area is 113 Å². The summed E-state index contributed by atoms with van der Waals surface area (Å²) in [5.41, 5.74) is 1.33. The van der Waals surface area contributed by atoms with Crippen molar-refractivity contribution in [1.82, 2.24) is 10.6 Å². The van der Waals surface area contributed by atoms with Crippen molar-refractivity contribution in [3.8, 4) is 0 Å². The number of carbonyl (C=O) groups is 1. The zero-order valence-corrected chi connectivity index (χ0v) is 11.1. The number of carbonyl (C=O) groups excluding carboxylic acids is 1. The summed E-state index contributed by atoms with van der Waals surface area (Å²) < 4.78 is 12.9. The third-order valence-corrected chi connectivity index (χ3v) is 3.43. The number of amides is 1. The molecule has 0 aliphatic carbocycles. The summed E-state index contributed by atoms with van der Waals surface area (Å²) in [6.45, 7) is 0.965. The van der Waals surface area contributed by atoms with Crippen molar-refractivity contribution in [2.75, 3.05) is 13.1 Å². The highest BCUT2D eigenvalue weighted by Gasteiger charge is 2.28. The largest absolute Gasteiger partial charge is 0.355 e. The van der Waals surface area contributed by atoms with Gasteiger partial charge in [0.15, 0.2) is 0 Å². The molecule has 4 heteroatoms. The van der Waals surface area contributed by atoms with Gasteiger partial charge in [0.25, 0.3) is 0 Å². The number of unbranched alkanes of at least 4 members (excludes halogenated alkanes) is 1. The van der Waals surface area contributed by atoms with Gasteiger partial charge in [0.2, 0.25) is 5.91 Å². The van der Waals surface area contributed by atoms with Crippen LogP contribution in [-0.2, 0) is 11.2 Å². The predicted molar refractivity (Wildman–Crippen MR) is 73.7 cm³/mol. The van der Waals surface area contributed by atoms with E-state index in [0.29, 0.717) is 19.5 Å². The lowest BCUT2D eigenvalue weighted by molar-refractivity contribution is -0.122. The van der Waals surface area contributed by atoms with Crippen LogP contribution in [0.25, 0.3) is 0 Å². The van der Waals surface area contributed by atoms with Gasteiger partial charge in [0, 0.05) is 19.5 Å². The van der Waals surface area contributed by atoms with Crippen LogP contribution in [0.3, 0.4) is 0 Å². The SMILES string of the molecule is O=C(NCCCCc1ccccc1)[C@@H]1C[C@@H](F)CN1. The van der Waals surface area contributed by atoms with Crippen LogP contribution < -0.4 is 10.6 Å². The maximum Gasteiger partial charge on any atom is 0.237 e. The first kappa shape index (κ1) is 14.0. The highest BCUT2D eigenvalue weighted by atomic mass is 19.1. The summed E-state index contributed by atoms with van der Waals surface area (Å²) in [6, 6.07) is 9.97. The number of rotatable bonds is 6. The molecule has 1 aliphatic heterocycles. The van der Waals surface area contributed by atoms with Crippen molar-refractivity contribution >= 4 is 5.91 Å². The molecule has 0 radical (unpaired) electrons. The molecule has 1 aromatic carbocycles. The molecule has 0 unspecified atom stereocenters. The second-order valence-corrected chi connectivity index (χ2v) is 5.03. The summed E-state index contributed by atoms with van der Waals surface area (Å²) in [5, 5.41) is 5.75. The molecule has 104 valence electrons. The second kappa shape index (κ2) is 7.24. The van der Waals surface area contributed by atoms with Gasteiger partial charge in [-0.3, -0.25) is 4.79 Å². The minimum atomic E-state index is -0.881. The molecule has 19 heavy (non-hydrogen) atoms. The van der Waals surface area contributed by atoms with E-state index in [1.165, 1.54) is 5.56 Å². The minimum Gasteiger partial charge on any atom is -0.355 e. The molecular formula is C15H21FN2O. The summed E-state index contributed by atoms with van der Waals surface area (Å²) >= 11 is 0. The van der Waals surface area contributed by atoms with Crippen molar-refractivity contribution in [2.24, 2.45) is 0 Å². The Kier molecular flexibility index (Phi) is 5.33. The fourth-order valence-electron chi connectivity index (χ4n) is 2.33. The Bertz CT molecular complexity index is 396. The van der Waals surface area contributed by atoms with Crippen molar-refractivity contribution in [2.45, 2.75) is 37.9 Å². The normalized spacial score (nSPS) is 22.4. The number of aryl methyl sites for hydroxylation is 1. The number of nitrogens with one attached hydrogen (secondary N) is 2. The Hall–Kier alpha value is -1.42. The van der Waals surface area contributed by atoms with Crippen LogP contribution >= 0.6 is 0 Å². The fraction of sp³-hybridized carbons (Fsp3) is 0.533. The van der Waals surface area contributed by atoms with Gasteiger partial charge in [-0.05, 0) is 24.8 Å². The van der Waals surface area contributed by atoms with Crippen LogP contribution in [0, 0.1) is 0 Å². The monoisotopic (exact) mass is 264 g/mol. The van der Waals surface area contributed by atoms with E-state index in [1.54, 1.807) is 0 Å². The Morgan fingerprint density at radius 3 is 2.79 bits per heavy atom. The van der Waals surface area contributed by atoms with Crippen molar-refractivity contribution in [3.05, 3.63) is 35.9 Å². The molecule has 1 amide bonds. The highest BCUT2D eigenvalue weighted by molar-refractivity contribution is 5.82. The van der Waals surface area contributed by atoms with Crippen molar-refractivity contribution in [3.63, 3.8) is 0 Å². The molecule has 1 saturated heterocycles. The second-order valence-electron chi connectivity index (χ2n) is 5.03. The summed E-state index contributed by atoms with van der Waals surface area (Å²) in [5.74, 6) is -0.0696. The fourth-order valence-corrected chi connectivity index (χ4v) is 2.33. The molecule has 0 bridgehead atoms. The van der Waals surface area contributed by atoms with E-state index in [4.69, 9.17) is 0 Å². The Balaban J connectivity index is 1.56. The van der Waals surface area contributed by atoms with Gasteiger partial charge in [0.05, 0.1) is 6.04 Å². The Morgan fingerprint density at radius 1 is 1.32 bits per heavy atom. The third kappa shape index (κ3) is 4.63. The summed E-state index contributed by atoms with van der Waals surface area (Å²) in [4.78, 5) is 11.7. The van der Waals surface area contributed by atoms with Gasteiger partial charge in [-0.15, -0.1) is 0 Å². The van der Waals surface area contributed by atoms with Crippen LogP contribution in [0.15, 0.2) is 30.3 Å². The predicted octanol–water partition coefficient (Wildman–Crippen LogP) is 1.83. The minimum absolute atomic E-state index is 0.0696. The average Bonchev–Trinajstić information content (AvgIpc) is 2.86. The molecule has 1 heterocycles. The standard InChI is InChI=1S/C15H21FN2O/c16-13-10-14(18-11-13)15(19)17-9-5-4-8-12-6-2-1-3-7-12/h1-3,6-7,13-14,18H,4-5,8-11H2,(H,17,19)/t13-,14+/m1/s1. The van der Waals surface area contributed by atoms with Gasteiger partial charge in [-0.2, -0.15) is 0 Å². The number of hydrogen-bond acceptors (Lipinski definition) is 2. The van der Waals surface area contributed by atoms with E-state index in [2.05, 4.69) is 22.8 Å². The number of benzene rings is 1. The van der Waals surface area contributed by atoms with Crippen LogP contribution in [0.4, 0.5) is 4.39 Å². The smallest absolute Gasteiger partial charge is 0.237 e. The van der Waals surface area contributed by atoms with Gasteiger partial charge in [-0.1, -0.05) is 30.3 Å². The third-order valence-electron chi connectivity index (χ3n) is 3.43. The van der Waals surface area contributed by atoms with E-state index < -0.39 is 6.17 Å². The molecule has 2 rings (SSSR count). The number of hydrogen-bond donors (Lipinski definition) is 2. The van der Waals surface area contributed by atoms with E-state index in [1.807, 2.05) is 18.2 Å². The quantitative estimate of drug-likeness (QED) is 0.770. The zero-order valence-electron chi connectivity index (χ0n) is 11.1. The first-order chi connectivity index (χ1) is 9.25. The lowest BCUT2D eigenvalue weighted by Crippen LogP contribution is -2.40. The first-order valence-corrected chi connectivity index (χ1v) is 6.95. The van der Waals surface area contributed by atoms with E-state index in [-0.39, 0.29) is 11.9 Å². The zero-order chi connectivity index (χ0) is 13.5. The van der Waals surface area contributed by atoms with Crippen molar-refractivity contribution in [1.29, 1.82) is 0 Å². The molecule has 0 aromatic heterocycles. The molecule has 0 spiro atoms. The maximum absolute atomic E-state index is 12.9. The molecule has 2 N–H and O–H groups in total. The number of halogens is 1. The Morgan fingerprint density at radius 2 is 2.11 bits per heavy atom. The van der Waals surface area contributed by atoms with Gasteiger partial charge in [-0.25, -0.2) is 4.39 Å². The van der Waals surface area contributed by atoms with Crippen LogP contribution in [0.1, 0.15) is 24.8 Å². The molecule has 0 saturated carbocycles.